The van der Waals surface area contributed by atoms with Crippen LogP contribution in [0.2, 0.25) is 0 Å². The molecule has 1 amide bonds. The van der Waals surface area contributed by atoms with Gasteiger partial charge in [0.05, 0.1) is 18.3 Å². The summed E-state index contributed by atoms with van der Waals surface area (Å²) in [5.74, 6) is -0.118. The molecule has 7 heteroatoms. The third-order valence-corrected chi connectivity index (χ3v) is 5.30. The van der Waals surface area contributed by atoms with Crippen LogP contribution in [0.4, 0.5) is 4.39 Å². The molecule has 0 saturated carbocycles. The molecule has 144 valence electrons. The molecule has 6 nitrogen and oxygen atoms in total. The van der Waals surface area contributed by atoms with Crippen LogP contribution in [-0.4, -0.2) is 58.3 Å². The SMILES string of the molecule is O=C(COCC1CN(Cc2ccccc2F)Cc2ccnn21)N1CCCC1. The molecule has 1 atom stereocenters. The minimum Gasteiger partial charge on any atom is -0.369 e. The van der Waals surface area contributed by atoms with E-state index in [4.69, 9.17) is 4.74 Å². The number of ether oxygens (including phenoxy) is 1. The van der Waals surface area contributed by atoms with Gasteiger partial charge in [0.15, 0.2) is 0 Å². The van der Waals surface area contributed by atoms with E-state index in [9.17, 15) is 9.18 Å². The molecule has 0 N–H and O–H groups in total. The Morgan fingerprint density at radius 3 is 2.85 bits per heavy atom. The number of hydrogen-bond acceptors (Lipinski definition) is 4. The number of fused-ring (bicyclic) bond motifs is 1. The summed E-state index contributed by atoms with van der Waals surface area (Å²) >= 11 is 0. The van der Waals surface area contributed by atoms with E-state index in [0.717, 1.165) is 38.2 Å². The van der Waals surface area contributed by atoms with Crippen LogP contribution in [0.1, 0.15) is 30.1 Å². The number of nitrogens with zero attached hydrogens (tertiary/aromatic N) is 4. The summed E-state index contributed by atoms with van der Waals surface area (Å²) < 4.78 is 21.7. The van der Waals surface area contributed by atoms with Crippen molar-refractivity contribution in [1.29, 1.82) is 0 Å². The Morgan fingerprint density at radius 2 is 2.04 bits per heavy atom. The van der Waals surface area contributed by atoms with Crippen LogP contribution in [0, 0.1) is 5.82 Å². The Bertz CT molecular complexity index is 788. The molecule has 1 saturated heterocycles. The third-order valence-electron chi connectivity index (χ3n) is 5.30. The molecule has 0 spiro atoms. The summed E-state index contributed by atoms with van der Waals surface area (Å²) in [4.78, 5) is 16.2. The van der Waals surface area contributed by atoms with E-state index in [1.165, 1.54) is 6.07 Å². The fraction of sp³-hybridized carbons (Fsp3) is 0.500. The lowest BCUT2D eigenvalue weighted by Crippen LogP contribution is -2.40. The fourth-order valence-corrected chi connectivity index (χ4v) is 3.92. The lowest BCUT2D eigenvalue weighted by atomic mass is 10.1. The number of hydrogen-bond donors (Lipinski definition) is 0. The number of benzene rings is 1. The van der Waals surface area contributed by atoms with Gasteiger partial charge >= 0.3 is 0 Å². The topological polar surface area (TPSA) is 50.6 Å². The van der Waals surface area contributed by atoms with E-state index in [2.05, 4.69) is 10.00 Å². The molecule has 4 rings (SSSR count). The van der Waals surface area contributed by atoms with Gasteiger partial charge in [0.25, 0.3) is 0 Å². The summed E-state index contributed by atoms with van der Waals surface area (Å²) in [5, 5.41) is 4.41. The van der Waals surface area contributed by atoms with E-state index in [0.29, 0.717) is 25.3 Å². The summed E-state index contributed by atoms with van der Waals surface area (Å²) in [6, 6.07) is 8.88. The number of rotatable bonds is 6. The van der Waals surface area contributed by atoms with Crippen molar-refractivity contribution in [2.24, 2.45) is 0 Å². The van der Waals surface area contributed by atoms with Gasteiger partial charge < -0.3 is 9.64 Å². The van der Waals surface area contributed by atoms with Crippen LogP contribution in [0.15, 0.2) is 36.5 Å². The zero-order valence-corrected chi connectivity index (χ0v) is 15.4. The van der Waals surface area contributed by atoms with Crippen molar-refractivity contribution in [3.8, 4) is 0 Å². The molecule has 2 aliphatic rings. The van der Waals surface area contributed by atoms with Gasteiger partial charge in [-0.05, 0) is 25.0 Å². The monoisotopic (exact) mass is 372 g/mol. The molecule has 2 aliphatic heterocycles. The van der Waals surface area contributed by atoms with E-state index < -0.39 is 0 Å². The highest BCUT2D eigenvalue weighted by atomic mass is 19.1. The summed E-state index contributed by atoms with van der Waals surface area (Å²) in [6.07, 6.45) is 3.94. The third kappa shape index (κ3) is 4.20. The van der Waals surface area contributed by atoms with Crippen LogP contribution in [0.3, 0.4) is 0 Å². The van der Waals surface area contributed by atoms with Crippen LogP contribution in [0.5, 0.6) is 0 Å². The van der Waals surface area contributed by atoms with Gasteiger partial charge in [-0.1, -0.05) is 18.2 Å². The first-order valence-corrected chi connectivity index (χ1v) is 9.54. The number of carbonyl (C=O) groups excluding carboxylic acids is 1. The summed E-state index contributed by atoms with van der Waals surface area (Å²) in [6.45, 7) is 4.18. The Morgan fingerprint density at radius 1 is 1.22 bits per heavy atom. The average molecular weight is 372 g/mol. The maximum atomic E-state index is 14.0. The second-order valence-electron chi connectivity index (χ2n) is 7.28. The maximum absolute atomic E-state index is 14.0. The maximum Gasteiger partial charge on any atom is 0.248 e. The molecule has 0 aliphatic carbocycles. The minimum atomic E-state index is -0.180. The number of carbonyl (C=O) groups is 1. The summed E-state index contributed by atoms with van der Waals surface area (Å²) in [7, 11) is 0. The van der Waals surface area contributed by atoms with Crippen LogP contribution in [-0.2, 0) is 22.6 Å². The molecule has 0 radical (unpaired) electrons. The first kappa shape index (κ1) is 18.1. The Kier molecular flexibility index (Phi) is 5.50. The molecule has 0 bridgehead atoms. The Balaban J connectivity index is 1.37. The Hall–Kier alpha value is -2.25. The van der Waals surface area contributed by atoms with Crippen molar-refractivity contribution in [2.45, 2.75) is 32.0 Å². The highest BCUT2D eigenvalue weighted by Crippen LogP contribution is 2.23. The van der Waals surface area contributed by atoms with E-state index in [1.807, 2.05) is 27.8 Å². The van der Waals surface area contributed by atoms with Crippen molar-refractivity contribution in [2.75, 3.05) is 32.8 Å². The van der Waals surface area contributed by atoms with Gasteiger partial charge in [0.2, 0.25) is 5.91 Å². The standard InChI is InChI=1S/C20H25FN4O2/c21-19-6-2-1-5-16(19)11-23-12-17-7-8-22-25(17)18(13-23)14-27-15-20(26)24-9-3-4-10-24/h1-2,5-8,18H,3-4,9-15H2. The van der Waals surface area contributed by atoms with Gasteiger partial charge in [-0.15, -0.1) is 0 Å². The minimum absolute atomic E-state index is 0.0156. The average Bonchev–Trinajstić information content (AvgIpc) is 3.35. The Labute approximate surface area is 158 Å². The first-order chi connectivity index (χ1) is 13.2. The summed E-state index contributed by atoms with van der Waals surface area (Å²) in [5.41, 5.74) is 1.77. The van der Waals surface area contributed by atoms with Gasteiger partial charge in [-0.2, -0.15) is 5.10 Å². The first-order valence-electron chi connectivity index (χ1n) is 9.54. The van der Waals surface area contributed by atoms with Crippen LogP contribution in [0.25, 0.3) is 0 Å². The number of amides is 1. The van der Waals surface area contributed by atoms with Gasteiger partial charge in [-0.3, -0.25) is 14.4 Å². The molecule has 3 heterocycles. The molecule has 27 heavy (non-hydrogen) atoms. The lowest BCUT2D eigenvalue weighted by molar-refractivity contribution is -0.135. The molecule has 2 aromatic rings. The highest BCUT2D eigenvalue weighted by Gasteiger charge is 2.27. The quantitative estimate of drug-likeness (QED) is 0.780. The number of aromatic nitrogens is 2. The van der Waals surface area contributed by atoms with Crippen molar-refractivity contribution in [3.63, 3.8) is 0 Å². The molecule has 1 aromatic heterocycles. The second-order valence-corrected chi connectivity index (χ2v) is 7.28. The second kappa shape index (κ2) is 8.19. The molecule has 1 fully saturated rings. The largest absolute Gasteiger partial charge is 0.369 e. The van der Waals surface area contributed by atoms with E-state index in [-0.39, 0.29) is 24.4 Å². The van der Waals surface area contributed by atoms with E-state index in [1.54, 1.807) is 12.3 Å². The zero-order chi connectivity index (χ0) is 18.6. The van der Waals surface area contributed by atoms with Crippen LogP contribution < -0.4 is 0 Å². The van der Waals surface area contributed by atoms with Crippen molar-refractivity contribution in [1.82, 2.24) is 19.6 Å². The van der Waals surface area contributed by atoms with Crippen molar-refractivity contribution >= 4 is 5.91 Å². The predicted molar refractivity (Wildman–Crippen MR) is 98.4 cm³/mol. The smallest absolute Gasteiger partial charge is 0.248 e. The highest BCUT2D eigenvalue weighted by molar-refractivity contribution is 5.77. The van der Waals surface area contributed by atoms with E-state index >= 15 is 0 Å². The molecular formula is C20H25FN4O2. The van der Waals surface area contributed by atoms with Gasteiger partial charge in [0.1, 0.15) is 12.4 Å². The predicted octanol–water partition coefficient (Wildman–Crippen LogP) is 2.22. The van der Waals surface area contributed by atoms with Crippen molar-refractivity contribution in [3.05, 3.63) is 53.6 Å². The molecule has 1 aromatic carbocycles. The number of likely N-dealkylation sites (tertiary alicyclic amines) is 1. The normalized spacial score (nSPS) is 20.0. The van der Waals surface area contributed by atoms with Gasteiger partial charge in [0, 0.05) is 44.5 Å². The molecular weight excluding hydrogens is 347 g/mol. The molecule has 1 unspecified atom stereocenters. The lowest BCUT2D eigenvalue weighted by Gasteiger charge is -2.34. The zero-order valence-electron chi connectivity index (χ0n) is 15.4. The van der Waals surface area contributed by atoms with Crippen LogP contribution >= 0.6 is 0 Å². The van der Waals surface area contributed by atoms with Crippen molar-refractivity contribution < 1.29 is 13.9 Å². The van der Waals surface area contributed by atoms with Gasteiger partial charge in [-0.25, -0.2) is 4.39 Å². The fourth-order valence-electron chi connectivity index (χ4n) is 3.92. The number of halogens is 1.